The normalized spacial score (nSPS) is 14.0. The van der Waals surface area contributed by atoms with Gasteiger partial charge in [0.25, 0.3) is 5.91 Å². The third-order valence-electron chi connectivity index (χ3n) is 4.91. The molecular weight excluding hydrogens is 324 g/mol. The Hall–Kier alpha value is -2.95. The molecule has 5 nitrogen and oxygen atoms in total. The van der Waals surface area contributed by atoms with Crippen molar-refractivity contribution >= 4 is 22.4 Å². The molecule has 3 aromatic rings. The Balaban J connectivity index is 1.51. The monoisotopic (exact) mass is 346 g/mol. The van der Waals surface area contributed by atoms with E-state index in [0.717, 1.165) is 35.1 Å². The zero-order valence-corrected chi connectivity index (χ0v) is 14.9. The van der Waals surface area contributed by atoms with Crippen LogP contribution < -0.4 is 4.90 Å². The van der Waals surface area contributed by atoms with Crippen LogP contribution in [0.15, 0.2) is 55.0 Å². The largest absolute Gasteiger partial charge is 0.371 e. The van der Waals surface area contributed by atoms with Crippen LogP contribution >= 0.6 is 0 Å². The van der Waals surface area contributed by atoms with E-state index in [1.165, 1.54) is 12.8 Å². The molecule has 1 amide bonds. The topological polar surface area (TPSA) is 49.3 Å². The van der Waals surface area contributed by atoms with Gasteiger partial charge in [-0.3, -0.25) is 14.8 Å². The summed E-state index contributed by atoms with van der Waals surface area (Å²) in [5, 5.41) is 2.23. The highest BCUT2D eigenvalue weighted by atomic mass is 16.2. The summed E-state index contributed by atoms with van der Waals surface area (Å²) >= 11 is 0. The van der Waals surface area contributed by atoms with Gasteiger partial charge in [-0.2, -0.15) is 0 Å². The molecule has 0 saturated carbocycles. The number of carbonyl (C=O) groups is 1. The molecule has 0 N–H and O–H groups in total. The lowest BCUT2D eigenvalue weighted by atomic mass is 10.1. The molecule has 0 bridgehead atoms. The number of pyridine rings is 2. The third-order valence-corrected chi connectivity index (χ3v) is 4.91. The predicted octanol–water partition coefficient (Wildman–Crippen LogP) is 3.50. The van der Waals surface area contributed by atoms with Crippen molar-refractivity contribution in [2.24, 2.45) is 0 Å². The van der Waals surface area contributed by atoms with Crippen LogP contribution in [-0.2, 0) is 6.54 Å². The minimum absolute atomic E-state index is 0.0547. The summed E-state index contributed by atoms with van der Waals surface area (Å²) < 4.78 is 0. The lowest BCUT2D eigenvalue weighted by Crippen LogP contribution is -2.27. The first-order chi connectivity index (χ1) is 12.7. The first kappa shape index (κ1) is 16.5. The molecule has 0 radical (unpaired) electrons. The van der Waals surface area contributed by atoms with E-state index in [9.17, 15) is 4.79 Å². The molecule has 5 heteroatoms. The molecule has 1 fully saturated rings. The molecule has 0 unspecified atom stereocenters. The second-order valence-corrected chi connectivity index (χ2v) is 6.81. The highest BCUT2D eigenvalue weighted by molar-refractivity contribution is 5.93. The lowest BCUT2D eigenvalue weighted by molar-refractivity contribution is 0.0779. The summed E-state index contributed by atoms with van der Waals surface area (Å²) in [5.74, 6) is -0.0547. The Labute approximate surface area is 153 Å². The highest BCUT2D eigenvalue weighted by Crippen LogP contribution is 2.21. The smallest absolute Gasteiger partial charge is 0.272 e. The van der Waals surface area contributed by atoms with Crippen LogP contribution in [0, 0.1) is 0 Å². The van der Waals surface area contributed by atoms with E-state index in [-0.39, 0.29) is 5.91 Å². The van der Waals surface area contributed by atoms with Crippen LogP contribution in [0.2, 0.25) is 0 Å². The standard InChI is InChI=1S/C21H22N4O/c1-24(15-16-4-5-18-14-22-8-6-17(18)12-16)21(26)20-13-19(7-9-23-20)25-10-2-3-11-25/h4-9,12-14H,2-3,10-11,15H2,1H3. The van der Waals surface area contributed by atoms with Crippen LogP contribution in [-0.4, -0.2) is 40.9 Å². The molecule has 1 aliphatic heterocycles. The first-order valence-electron chi connectivity index (χ1n) is 9.00. The van der Waals surface area contributed by atoms with E-state index in [1.807, 2.05) is 43.6 Å². The number of anilines is 1. The Morgan fingerprint density at radius 1 is 1.08 bits per heavy atom. The molecule has 1 aromatic carbocycles. The Morgan fingerprint density at radius 3 is 2.77 bits per heavy atom. The van der Waals surface area contributed by atoms with E-state index in [1.54, 1.807) is 17.3 Å². The van der Waals surface area contributed by atoms with Gasteiger partial charge < -0.3 is 9.80 Å². The van der Waals surface area contributed by atoms with Crippen molar-refractivity contribution in [3.8, 4) is 0 Å². The van der Waals surface area contributed by atoms with E-state index < -0.39 is 0 Å². The molecular formula is C21H22N4O. The number of nitrogens with zero attached hydrogens (tertiary/aromatic N) is 4. The second-order valence-electron chi connectivity index (χ2n) is 6.81. The van der Waals surface area contributed by atoms with Crippen LogP contribution in [0.4, 0.5) is 5.69 Å². The minimum Gasteiger partial charge on any atom is -0.371 e. The molecule has 2 aromatic heterocycles. The van der Waals surface area contributed by atoms with Gasteiger partial charge in [0.05, 0.1) is 0 Å². The van der Waals surface area contributed by atoms with Crippen LogP contribution in [0.3, 0.4) is 0 Å². The zero-order chi connectivity index (χ0) is 17.9. The van der Waals surface area contributed by atoms with E-state index in [0.29, 0.717) is 12.2 Å². The fourth-order valence-electron chi connectivity index (χ4n) is 3.48. The first-order valence-corrected chi connectivity index (χ1v) is 9.00. The van der Waals surface area contributed by atoms with Gasteiger partial charge >= 0.3 is 0 Å². The number of hydrogen-bond donors (Lipinski definition) is 0. The highest BCUT2D eigenvalue weighted by Gasteiger charge is 2.17. The molecule has 0 atom stereocenters. The van der Waals surface area contributed by atoms with E-state index in [2.05, 4.69) is 20.9 Å². The lowest BCUT2D eigenvalue weighted by Gasteiger charge is -2.20. The average molecular weight is 346 g/mol. The van der Waals surface area contributed by atoms with Gasteiger partial charge in [-0.15, -0.1) is 0 Å². The van der Waals surface area contributed by atoms with Crippen LogP contribution in [0.25, 0.3) is 10.8 Å². The number of fused-ring (bicyclic) bond motifs is 1. The maximum atomic E-state index is 12.8. The molecule has 132 valence electrons. The Morgan fingerprint density at radius 2 is 1.92 bits per heavy atom. The SMILES string of the molecule is CN(Cc1ccc2cnccc2c1)C(=O)c1cc(N2CCCC2)ccn1. The molecule has 4 rings (SSSR count). The summed E-state index contributed by atoms with van der Waals surface area (Å²) in [6, 6.07) is 12.1. The number of hydrogen-bond acceptors (Lipinski definition) is 4. The average Bonchev–Trinajstić information content (AvgIpc) is 3.22. The Kier molecular flexibility index (Phi) is 4.52. The summed E-state index contributed by atoms with van der Waals surface area (Å²) in [7, 11) is 1.82. The Bertz CT molecular complexity index is 934. The minimum atomic E-state index is -0.0547. The van der Waals surface area contributed by atoms with Gasteiger partial charge in [0.2, 0.25) is 0 Å². The van der Waals surface area contributed by atoms with Gasteiger partial charge in [0.15, 0.2) is 0 Å². The van der Waals surface area contributed by atoms with Crippen molar-refractivity contribution < 1.29 is 4.79 Å². The van der Waals surface area contributed by atoms with Crippen molar-refractivity contribution in [3.05, 3.63) is 66.2 Å². The fourth-order valence-corrected chi connectivity index (χ4v) is 3.48. The number of rotatable bonds is 4. The zero-order valence-electron chi connectivity index (χ0n) is 14.9. The second kappa shape index (κ2) is 7.12. The quantitative estimate of drug-likeness (QED) is 0.725. The predicted molar refractivity (Wildman–Crippen MR) is 103 cm³/mol. The molecule has 26 heavy (non-hydrogen) atoms. The maximum Gasteiger partial charge on any atom is 0.272 e. The van der Waals surface area contributed by atoms with Gasteiger partial charge in [-0.05, 0) is 48.1 Å². The van der Waals surface area contributed by atoms with E-state index >= 15 is 0 Å². The maximum absolute atomic E-state index is 12.8. The van der Waals surface area contributed by atoms with Crippen molar-refractivity contribution in [1.29, 1.82) is 0 Å². The summed E-state index contributed by atoms with van der Waals surface area (Å²) in [6.45, 7) is 2.66. The van der Waals surface area contributed by atoms with Crippen LogP contribution in [0.5, 0.6) is 0 Å². The van der Waals surface area contributed by atoms with Gasteiger partial charge in [-0.1, -0.05) is 12.1 Å². The summed E-state index contributed by atoms with van der Waals surface area (Å²) in [5.41, 5.74) is 2.68. The van der Waals surface area contributed by atoms with Crippen molar-refractivity contribution in [1.82, 2.24) is 14.9 Å². The van der Waals surface area contributed by atoms with Gasteiger partial charge in [0, 0.05) is 56.3 Å². The summed E-state index contributed by atoms with van der Waals surface area (Å²) in [4.78, 5) is 25.3. The fraction of sp³-hybridized carbons (Fsp3) is 0.286. The van der Waals surface area contributed by atoms with Gasteiger partial charge in [-0.25, -0.2) is 0 Å². The molecule has 0 aliphatic carbocycles. The number of carbonyl (C=O) groups excluding carboxylic acids is 1. The van der Waals surface area contributed by atoms with E-state index in [4.69, 9.17) is 0 Å². The third kappa shape index (κ3) is 3.38. The van der Waals surface area contributed by atoms with Gasteiger partial charge in [0.1, 0.15) is 5.69 Å². The van der Waals surface area contributed by atoms with Crippen LogP contribution in [0.1, 0.15) is 28.9 Å². The van der Waals surface area contributed by atoms with Crippen molar-refractivity contribution in [2.45, 2.75) is 19.4 Å². The molecule has 1 saturated heterocycles. The number of amides is 1. The number of benzene rings is 1. The molecule has 3 heterocycles. The summed E-state index contributed by atoms with van der Waals surface area (Å²) in [6.07, 6.45) is 7.79. The molecule has 1 aliphatic rings. The van der Waals surface area contributed by atoms with Crippen molar-refractivity contribution in [3.63, 3.8) is 0 Å². The van der Waals surface area contributed by atoms with Crippen molar-refractivity contribution in [2.75, 3.05) is 25.0 Å². The molecule has 0 spiro atoms. The number of aromatic nitrogens is 2.